The Kier molecular flexibility index (Phi) is 10.1. The van der Waals surface area contributed by atoms with Gasteiger partial charge in [-0.1, -0.05) is 39.0 Å². The van der Waals surface area contributed by atoms with E-state index >= 15 is 0 Å². The van der Waals surface area contributed by atoms with Gasteiger partial charge in [-0.25, -0.2) is 0 Å². The SMILES string of the molecule is CC(C)(C)c1ccnc(N2c3ccccc3C3(c4cnccc4-c4ccncc43)c3ccc(Oc4cccc(-n5[c](=[Pt])n(-c6c(-c7ccccc7)cccc6-c6ccccc6)c6ccccc65)c4)cc32)c1. The topological polar surface area (TPSA) is 61.0 Å². The van der Waals surface area contributed by atoms with Crippen LogP contribution in [0.4, 0.5) is 17.2 Å². The monoisotopic (exact) mass is 1100 g/mol. The minimum atomic E-state index is -0.698. The summed E-state index contributed by atoms with van der Waals surface area (Å²) < 4.78 is 12.8. The molecule has 13 rings (SSSR count). The van der Waals surface area contributed by atoms with Crippen LogP contribution in [0.1, 0.15) is 48.6 Å². The Hall–Kier alpha value is -8.25. The van der Waals surface area contributed by atoms with Crippen LogP contribution in [-0.2, 0) is 30.2 Å². The van der Waals surface area contributed by atoms with Crippen molar-refractivity contribution < 1.29 is 24.1 Å². The minimum absolute atomic E-state index is 0.0919. The van der Waals surface area contributed by atoms with Crippen LogP contribution in [0.25, 0.3) is 55.8 Å². The van der Waals surface area contributed by atoms with Gasteiger partial charge in [-0.3, -0.25) is 9.97 Å². The summed E-state index contributed by atoms with van der Waals surface area (Å²) in [7, 11) is 0. The van der Waals surface area contributed by atoms with Crippen molar-refractivity contribution in [1.29, 1.82) is 0 Å². The van der Waals surface area contributed by atoms with E-state index in [-0.39, 0.29) is 5.41 Å². The number of fused-ring (bicyclic) bond motifs is 10. The van der Waals surface area contributed by atoms with Crippen molar-refractivity contribution in [3.8, 4) is 56.3 Å². The zero-order valence-corrected chi connectivity index (χ0v) is 41.5. The third kappa shape index (κ3) is 6.75. The Labute approximate surface area is 423 Å². The second-order valence-electron chi connectivity index (χ2n) is 19.2. The zero-order valence-electron chi connectivity index (χ0n) is 39.3. The van der Waals surface area contributed by atoms with E-state index in [1.807, 2.05) is 37.1 Å². The van der Waals surface area contributed by atoms with E-state index in [1.165, 1.54) is 5.56 Å². The van der Waals surface area contributed by atoms with Crippen LogP contribution in [0.3, 0.4) is 0 Å². The van der Waals surface area contributed by atoms with Gasteiger partial charge in [0, 0.05) is 31.0 Å². The molecule has 0 amide bonds. The number of anilines is 3. The van der Waals surface area contributed by atoms with E-state index in [0.29, 0.717) is 11.5 Å². The summed E-state index contributed by atoms with van der Waals surface area (Å²) in [6.45, 7) is 6.73. The maximum absolute atomic E-state index is 7.05. The number of para-hydroxylation sites is 4. The fourth-order valence-corrected chi connectivity index (χ4v) is 12.1. The van der Waals surface area contributed by atoms with E-state index in [2.05, 4.69) is 242 Å². The van der Waals surface area contributed by atoms with Gasteiger partial charge in [0.25, 0.3) is 0 Å². The third-order valence-corrected chi connectivity index (χ3v) is 15.2. The van der Waals surface area contributed by atoms with E-state index in [9.17, 15) is 0 Å². The van der Waals surface area contributed by atoms with Gasteiger partial charge < -0.3 is 0 Å². The second kappa shape index (κ2) is 16.7. The van der Waals surface area contributed by atoms with Gasteiger partial charge in [-0.15, -0.1) is 0 Å². The van der Waals surface area contributed by atoms with Crippen molar-refractivity contribution in [3.63, 3.8) is 0 Å². The Morgan fingerprint density at radius 3 is 1.75 bits per heavy atom. The maximum atomic E-state index is 7.05. The van der Waals surface area contributed by atoms with Crippen LogP contribution < -0.4 is 9.64 Å². The molecule has 1 spiro atoms. The first-order valence-electron chi connectivity index (χ1n) is 23.9. The molecule has 7 aromatic carbocycles. The van der Waals surface area contributed by atoms with Crippen molar-refractivity contribution in [2.24, 2.45) is 0 Å². The van der Waals surface area contributed by atoms with E-state index in [4.69, 9.17) is 19.7 Å². The average molecular weight is 1100 g/mol. The second-order valence-corrected chi connectivity index (χ2v) is 20.2. The van der Waals surface area contributed by atoms with Crippen molar-refractivity contribution >= 4 is 28.2 Å². The fourth-order valence-electron chi connectivity index (χ4n) is 11.1. The standard InChI is InChI=1S/C63H46N6O.Pt/c1-62(2,3)44-30-35-66-60(36-44)69-56-25-11-10-24-52(56)63(54-39-64-33-31-50(54)51-32-34-65-40-55(51)63)53-29-28-47(38-59(53)69)70-46-21-14-20-45(37-46)67-41-68(58-27-13-12-26-57(58)67)61-48(42-16-6-4-7-17-42)22-15-23-49(61)43-18-8-5-9-19-43;/h4-40H,1-3H3;. The predicted molar refractivity (Wildman–Crippen MR) is 281 cm³/mol. The van der Waals surface area contributed by atoms with Crippen molar-refractivity contribution in [1.82, 2.24) is 24.1 Å². The molecule has 1 aliphatic heterocycles. The normalized spacial score (nSPS) is 13.2. The number of pyridine rings is 3. The van der Waals surface area contributed by atoms with Crippen LogP contribution in [0.5, 0.6) is 11.5 Å². The molecular formula is C63H46N6OPt. The van der Waals surface area contributed by atoms with E-state index < -0.39 is 5.41 Å². The summed E-state index contributed by atoms with van der Waals surface area (Å²) in [5, 5.41) is 0. The van der Waals surface area contributed by atoms with Crippen LogP contribution in [-0.4, -0.2) is 24.1 Å². The Bertz CT molecular complexity index is 3840. The molecule has 71 heavy (non-hydrogen) atoms. The molecule has 4 aromatic heterocycles. The Morgan fingerprint density at radius 1 is 0.479 bits per heavy atom. The molecule has 0 bridgehead atoms. The molecule has 7 nitrogen and oxygen atoms in total. The molecule has 0 fully saturated rings. The first-order chi connectivity index (χ1) is 34.8. The summed E-state index contributed by atoms with van der Waals surface area (Å²) in [6.07, 6.45) is 9.79. The number of aromatic nitrogens is 5. The van der Waals surface area contributed by atoms with Gasteiger partial charge in [0.2, 0.25) is 0 Å². The summed E-state index contributed by atoms with van der Waals surface area (Å²) >= 11 is 2.50. The number of imidazole rings is 1. The molecule has 0 atom stereocenters. The third-order valence-electron chi connectivity index (χ3n) is 14.2. The van der Waals surface area contributed by atoms with Crippen molar-refractivity contribution in [2.75, 3.05) is 4.90 Å². The van der Waals surface area contributed by atoms with Crippen LogP contribution in [0, 0.1) is 3.80 Å². The Morgan fingerprint density at radius 2 is 1.07 bits per heavy atom. The number of rotatable bonds is 7. The predicted octanol–water partition coefficient (Wildman–Crippen LogP) is 15.3. The fraction of sp³-hybridized carbons (Fsp3) is 0.0794. The van der Waals surface area contributed by atoms with E-state index in [0.717, 1.165) is 99.0 Å². The first-order valence-corrected chi connectivity index (χ1v) is 25.0. The average Bonchev–Trinajstić information content (AvgIpc) is 3.88. The molecule has 11 aromatic rings. The zero-order chi connectivity index (χ0) is 47.8. The van der Waals surface area contributed by atoms with E-state index in [1.54, 1.807) is 0 Å². The van der Waals surface area contributed by atoms with Crippen LogP contribution in [0.15, 0.2) is 225 Å². The number of benzene rings is 7. The molecule has 5 heterocycles. The molecule has 8 heteroatoms. The summed E-state index contributed by atoms with van der Waals surface area (Å²) in [6, 6.07) is 69.0. The van der Waals surface area contributed by atoms with Gasteiger partial charge >= 0.3 is 306 Å². The molecular weight excluding hydrogens is 1050 g/mol. The van der Waals surface area contributed by atoms with Crippen molar-refractivity contribution in [3.05, 3.63) is 257 Å². The molecule has 1 aliphatic carbocycles. The number of nitrogens with zero attached hydrogens (tertiary/aromatic N) is 6. The van der Waals surface area contributed by atoms with Gasteiger partial charge in [0.15, 0.2) is 0 Å². The number of hydrogen-bond acceptors (Lipinski definition) is 5. The summed E-state index contributed by atoms with van der Waals surface area (Å²) in [5.74, 6) is 2.25. The molecule has 0 saturated heterocycles. The summed E-state index contributed by atoms with van der Waals surface area (Å²) in [5.41, 5.74) is 18.1. The molecule has 0 N–H and O–H groups in total. The Balaban J connectivity index is 0.979. The number of ether oxygens (including phenoxy) is 1. The van der Waals surface area contributed by atoms with Gasteiger partial charge in [0.1, 0.15) is 0 Å². The number of hydrogen-bond donors (Lipinski definition) is 0. The quantitative estimate of drug-likeness (QED) is 0.159. The van der Waals surface area contributed by atoms with Crippen LogP contribution >= 0.6 is 0 Å². The molecule has 0 unspecified atom stereocenters. The first kappa shape index (κ1) is 42.8. The van der Waals surface area contributed by atoms with Crippen LogP contribution in [0.2, 0.25) is 0 Å². The molecule has 0 saturated carbocycles. The van der Waals surface area contributed by atoms with Gasteiger partial charge in [-0.2, -0.15) is 0 Å². The molecule has 0 radical (unpaired) electrons. The van der Waals surface area contributed by atoms with Gasteiger partial charge in [0.05, 0.1) is 0 Å². The molecule has 344 valence electrons. The van der Waals surface area contributed by atoms with Gasteiger partial charge in [-0.05, 0) is 40.3 Å². The molecule has 2 aliphatic rings. The van der Waals surface area contributed by atoms with Crippen molar-refractivity contribution in [2.45, 2.75) is 31.6 Å². The summed E-state index contributed by atoms with van der Waals surface area (Å²) in [4.78, 5) is 16.9.